The molecule has 1 N–H and O–H groups in total. The van der Waals surface area contributed by atoms with Gasteiger partial charge in [-0.25, -0.2) is 0 Å². The highest BCUT2D eigenvalue weighted by Gasteiger charge is 2.66. The van der Waals surface area contributed by atoms with E-state index < -0.39 is 0 Å². The molecule has 1 heterocycles. The number of nitrogens with one attached hydrogen (secondary N) is 1. The Morgan fingerprint density at radius 1 is 1.03 bits per heavy atom. The summed E-state index contributed by atoms with van der Waals surface area (Å²) in [5.74, 6) is 0.0490. The molecule has 30 heavy (non-hydrogen) atoms. The summed E-state index contributed by atoms with van der Waals surface area (Å²) in [6.07, 6.45) is 3.45. The molecule has 2 bridgehead atoms. The Morgan fingerprint density at radius 3 is 2.27 bits per heavy atom. The molecule has 1 saturated heterocycles. The monoisotopic (exact) mass is 578 g/mol. The molecule has 0 spiro atoms. The number of unbranched alkanes of at least 4 members (excludes halogenated alkanes) is 2. The second kappa shape index (κ2) is 9.08. The van der Waals surface area contributed by atoms with Crippen LogP contribution in [0.25, 0.3) is 0 Å². The fourth-order valence-electron chi connectivity index (χ4n) is 5.17. The van der Waals surface area contributed by atoms with Crippen LogP contribution in [0.2, 0.25) is 10.0 Å². The molecule has 9 heteroatoms. The van der Waals surface area contributed by atoms with Crippen LogP contribution in [0.3, 0.4) is 0 Å². The molecule has 2 saturated carbocycles. The number of carbonyl (C=O) groups is 3. The highest BCUT2D eigenvalue weighted by molar-refractivity contribution is 9.12. The molecule has 0 unspecified atom stereocenters. The molecule has 3 fully saturated rings. The molecular weight excluding hydrogens is 559 g/mol. The molecule has 1 aromatic carbocycles. The van der Waals surface area contributed by atoms with E-state index in [0.29, 0.717) is 41.5 Å². The first kappa shape index (κ1) is 22.6. The number of carbonyl (C=O) groups excluding carboxylic acids is 3. The lowest BCUT2D eigenvalue weighted by Crippen LogP contribution is -2.37. The quantitative estimate of drug-likeness (QED) is 0.271. The zero-order chi connectivity index (χ0) is 21.6. The average molecular weight is 581 g/mol. The van der Waals surface area contributed by atoms with Gasteiger partial charge in [0.2, 0.25) is 17.7 Å². The van der Waals surface area contributed by atoms with Crippen LogP contribution in [0.4, 0.5) is 5.69 Å². The van der Waals surface area contributed by atoms with Crippen molar-refractivity contribution in [3.63, 3.8) is 0 Å². The number of hydrogen-bond donors (Lipinski definition) is 1. The minimum Gasteiger partial charge on any atom is -0.325 e. The Kier molecular flexibility index (Phi) is 6.83. The summed E-state index contributed by atoms with van der Waals surface area (Å²) < 4.78 is 0. The third-order valence-electron chi connectivity index (χ3n) is 6.57. The first-order valence-corrected chi connectivity index (χ1v) is 12.8. The van der Waals surface area contributed by atoms with E-state index >= 15 is 0 Å². The number of alkyl halides is 2. The lowest BCUT2D eigenvalue weighted by Gasteiger charge is -2.28. The van der Waals surface area contributed by atoms with Gasteiger partial charge in [-0.05, 0) is 49.3 Å². The maximum atomic E-state index is 12.9. The van der Waals surface area contributed by atoms with Crippen molar-refractivity contribution in [1.82, 2.24) is 4.90 Å². The van der Waals surface area contributed by atoms with Crippen molar-refractivity contribution in [2.45, 2.75) is 41.8 Å². The predicted octanol–water partition coefficient (Wildman–Crippen LogP) is 5.27. The molecule has 3 aliphatic rings. The molecule has 2 aliphatic carbocycles. The lowest BCUT2D eigenvalue weighted by molar-refractivity contribution is -0.140. The van der Waals surface area contributed by atoms with Crippen molar-refractivity contribution in [1.29, 1.82) is 0 Å². The summed E-state index contributed by atoms with van der Waals surface area (Å²) in [4.78, 5) is 39.8. The lowest BCUT2D eigenvalue weighted by atomic mass is 9.81. The van der Waals surface area contributed by atoms with Gasteiger partial charge in [0.1, 0.15) is 0 Å². The van der Waals surface area contributed by atoms with Crippen molar-refractivity contribution in [2.24, 2.45) is 23.7 Å². The summed E-state index contributed by atoms with van der Waals surface area (Å²) in [7, 11) is 0. The van der Waals surface area contributed by atoms with E-state index in [0.717, 1.165) is 12.8 Å². The Labute approximate surface area is 202 Å². The highest BCUT2D eigenvalue weighted by atomic mass is 79.9. The molecule has 5 nitrogen and oxygen atoms in total. The zero-order valence-corrected chi connectivity index (χ0v) is 20.8. The Balaban J connectivity index is 1.21. The summed E-state index contributed by atoms with van der Waals surface area (Å²) in [6.45, 7) is 0.439. The van der Waals surface area contributed by atoms with Gasteiger partial charge in [0.15, 0.2) is 0 Å². The van der Waals surface area contributed by atoms with Crippen molar-refractivity contribution in [3.8, 4) is 0 Å². The molecular formula is C21H22Br2Cl2N2O3. The second-order valence-corrected chi connectivity index (χ2v) is 11.3. The van der Waals surface area contributed by atoms with Gasteiger partial charge in [0.05, 0.1) is 22.5 Å². The van der Waals surface area contributed by atoms with Crippen LogP contribution in [0.5, 0.6) is 0 Å². The number of anilines is 1. The number of halogens is 4. The number of likely N-dealkylation sites (tertiary alicyclic amines) is 1. The molecule has 1 aromatic rings. The number of benzene rings is 1. The average Bonchev–Trinajstić information content (AvgIpc) is 3.30. The minimum absolute atomic E-state index is 0.00327. The Morgan fingerprint density at radius 2 is 1.67 bits per heavy atom. The van der Waals surface area contributed by atoms with E-state index in [-0.39, 0.29) is 51.0 Å². The zero-order valence-electron chi connectivity index (χ0n) is 16.1. The first-order valence-electron chi connectivity index (χ1n) is 10.2. The van der Waals surface area contributed by atoms with Gasteiger partial charge in [0.25, 0.3) is 0 Å². The molecule has 0 aromatic heterocycles. The predicted molar refractivity (Wildman–Crippen MR) is 124 cm³/mol. The molecule has 0 radical (unpaired) electrons. The maximum absolute atomic E-state index is 12.9. The van der Waals surface area contributed by atoms with Crippen molar-refractivity contribution in [2.75, 3.05) is 11.9 Å². The molecule has 162 valence electrons. The van der Waals surface area contributed by atoms with Crippen LogP contribution >= 0.6 is 55.1 Å². The fraction of sp³-hybridized carbons (Fsp3) is 0.571. The molecule has 1 aliphatic heterocycles. The van der Waals surface area contributed by atoms with E-state index in [9.17, 15) is 14.4 Å². The summed E-state index contributed by atoms with van der Waals surface area (Å²) >= 11 is 19.3. The number of imide groups is 1. The van der Waals surface area contributed by atoms with Gasteiger partial charge in [0, 0.05) is 27.6 Å². The van der Waals surface area contributed by atoms with E-state index in [4.69, 9.17) is 23.2 Å². The van der Waals surface area contributed by atoms with E-state index in [1.165, 1.54) is 4.90 Å². The maximum Gasteiger partial charge on any atom is 0.233 e. The van der Waals surface area contributed by atoms with Gasteiger partial charge >= 0.3 is 0 Å². The topological polar surface area (TPSA) is 66.5 Å². The van der Waals surface area contributed by atoms with E-state index in [1.807, 2.05) is 0 Å². The van der Waals surface area contributed by atoms with Crippen molar-refractivity contribution in [3.05, 3.63) is 28.2 Å². The van der Waals surface area contributed by atoms with Crippen LogP contribution in [0, 0.1) is 23.7 Å². The van der Waals surface area contributed by atoms with Crippen LogP contribution in [-0.2, 0) is 14.4 Å². The van der Waals surface area contributed by atoms with Gasteiger partial charge in [-0.1, -0.05) is 61.5 Å². The van der Waals surface area contributed by atoms with Gasteiger partial charge in [-0.3, -0.25) is 19.3 Å². The third-order valence-corrected chi connectivity index (χ3v) is 10.3. The summed E-state index contributed by atoms with van der Waals surface area (Å²) in [5, 5.41) is 3.69. The SMILES string of the molecule is O=C(CCCCCN1C(=O)[C@@H]2[C@H]3C[C@@H]([C@@H](Br)[C@@H]3Br)[C@@H]2C1=O)Nc1ccc(Cl)cc1Cl. The molecule has 3 amide bonds. The van der Waals surface area contributed by atoms with Crippen LogP contribution in [-0.4, -0.2) is 38.8 Å². The third kappa shape index (κ3) is 4.07. The largest absolute Gasteiger partial charge is 0.325 e. The normalized spacial score (nSPS) is 32.1. The van der Waals surface area contributed by atoms with Gasteiger partial charge in [-0.15, -0.1) is 0 Å². The van der Waals surface area contributed by atoms with Crippen molar-refractivity contribution >= 4 is 78.5 Å². The second-order valence-electron chi connectivity index (χ2n) is 8.31. The highest BCUT2D eigenvalue weighted by Crippen LogP contribution is 2.60. The Bertz CT molecular complexity index is 852. The standard InChI is InChI=1S/C21H22Br2Cl2N2O3/c22-18-11-9-12(19(18)23)17-16(11)20(29)27(21(17)30)7-3-1-2-4-15(28)26-14-6-5-10(24)8-13(14)25/h5-6,8,11-12,16-19H,1-4,7,9H2,(H,26,28)/t11-,12-,16-,17+,18-,19-/m1/s1. The first-order chi connectivity index (χ1) is 14.3. The van der Waals surface area contributed by atoms with Crippen LogP contribution < -0.4 is 5.32 Å². The number of fused-ring (bicyclic) bond motifs is 5. The number of rotatable bonds is 7. The fourth-order valence-corrected chi connectivity index (χ4v) is 7.50. The minimum atomic E-state index is -0.157. The summed E-state index contributed by atoms with van der Waals surface area (Å²) in [5.41, 5.74) is 0.538. The Hall–Kier alpha value is -0.630. The van der Waals surface area contributed by atoms with Crippen molar-refractivity contribution < 1.29 is 14.4 Å². The van der Waals surface area contributed by atoms with Gasteiger partial charge < -0.3 is 5.32 Å². The smallest absolute Gasteiger partial charge is 0.233 e. The van der Waals surface area contributed by atoms with E-state index in [2.05, 4.69) is 37.2 Å². The summed E-state index contributed by atoms with van der Waals surface area (Å²) in [6, 6.07) is 4.93. The number of hydrogen-bond acceptors (Lipinski definition) is 3. The van der Waals surface area contributed by atoms with Gasteiger partial charge in [-0.2, -0.15) is 0 Å². The number of nitrogens with zero attached hydrogens (tertiary/aromatic N) is 1. The number of amides is 3. The van der Waals surface area contributed by atoms with Crippen LogP contribution in [0.1, 0.15) is 32.1 Å². The van der Waals surface area contributed by atoms with Crippen LogP contribution in [0.15, 0.2) is 18.2 Å². The molecule has 4 rings (SSSR count). The molecule has 6 atom stereocenters. The van der Waals surface area contributed by atoms with E-state index in [1.54, 1.807) is 18.2 Å².